The first-order valence-electron chi connectivity index (χ1n) is 5.90. The molecule has 0 saturated carbocycles. The normalized spacial score (nSPS) is 16.3. The van der Waals surface area contributed by atoms with E-state index < -0.39 is 0 Å². The van der Waals surface area contributed by atoms with Gasteiger partial charge in [-0.05, 0) is 24.6 Å². The molecule has 1 aromatic rings. The van der Waals surface area contributed by atoms with Crippen LogP contribution in [0.1, 0.15) is 12.0 Å². The first kappa shape index (κ1) is 12.2. The molecule has 5 nitrogen and oxygen atoms in total. The monoisotopic (exact) mass is 244 g/mol. The molecule has 0 unspecified atom stereocenters. The Hall–Kier alpha value is -2.22. The van der Waals surface area contributed by atoms with Crippen molar-refractivity contribution in [3.8, 4) is 6.07 Å². The number of nitrogen functional groups attached to an aromatic ring is 1. The molecule has 1 aromatic carbocycles. The number of rotatable bonds is 1. The average Bonchev–Trinajstić information content (AvgIpc) is 2.53. The summed E-state index contributed by atoms with van der Waals surface area (Å²) in [6.07, 6.45) is 0.901. The number of nitrogens with two attached hydrogens (primary N) is 1. The van der Waals surface area contributed by atoms with Crippen LogP contribution in [0.2, 0.25) is 0 Å². The molecule has 0 bridgehead atoms. The lowest BCUT2D eigenvalue weighted by Crippen LogP contribution is -2.34. The summed E-state index contributed by atoms with van der Waals surface area (Å²) in [6.45, 7) is 1.85. The van der Waals surface area contributed by atoms with E-state index in [1.807, 2.05) is 4.90 Å². The number of hydrogen-bond donors (Lipinski definition) is 1. The summed E-state index contributed by atoms with van der Waals surface area (Å²) in [5, 5.41) is 8.92. The largest absolute Gasteiger partial charge is 0.397 e. The fourth-order valence-electron chi connectivity index (χ4n) is 2.08. The topological polar surface area (TPSA) is 73.4 Å². The van der Waals surface area contributed by atoms with Crippen LogP contribution in [0.5, 0.6) is 0 Å². The summed E-state index contributed by atoms with van der Waals surface area (Å²) in [7, 11) is 1.81. The second kappa shape index (κ2) is 4.96. The van der Waals surface area contributed by atoms with Crippen molar-refractivity contribution in [2.45, 2.75) is 6.42 Å². The molecule has 1 saturated heterocycles. The Labute approximate surface area is 106 Å². The van der Waals surface area contributed by atoms with Crippen molar-refractivity contribution in [2.75, 3.05) is 37.3 Å². The maximum absolute atomic E-state index is 11.8. The Morgan fingerprint density at radius 3 is 2.89 bits per heavy atom. The Kier molecular flexibility index (Phi) is 3.38. The third-order valence-corrected chi connectivity index (χ3v) is 3.17. The molecule has 1 heterocycles. The highest BCUT2D eigenvalue weighted by molar-refractivity contribution is 5.83. The SMILES string of the molecule is CN1CCCN(c2cc(C#N)ccc2N)CC1=O. The van der Waals surface area contributed by atoms with Crippen LogP contribution >= 0.6 is 0 Å². The standard InChI is InChI=1S/C13H16N4O/c1-16-5-2-6-17(9-13(16)18)12-7-10(8-14)3-4-11(12)15/h3-4,7H,2,5-6,9,15H2,1H3. The fourth-order valence-corrected chi connectivity index (χ4v) is 2.08. The van der Waals surface area contributed by atoms with E-state index in [4.69, 9.17) is 11.0 Å². The Bertz CT molecular complexity index is 506. The Balaban J connectivity index is 2.30. The van der Waals surface area contributed by atoms with Gasteiger partial charge in [0.05, 0.1) is 29.6 Å². The van der Waals surface area contributed by atoms with Gasteiger partial charge in [-0.25, -0.2) is 0 Å². The lowest BCUT2D eigenvalue weighted by Gasteiger charge is -2.23. The molecule has 5 heteroatoms. The van der Waals surface area contributed by atoms with Gasteiger partial charge < -0.3 is 15.5 Å². The van der Waals surface area contributed by atoms with E-state index in [1.165, 1.54) is 0 Å². The highest BCUT2D eigenvalue weighted by Crippen LogP contribution is 2.25. The predicted molar refractivity (Wildman–Crippen MR) is 70.0 cm³/mol. The zero-order valence-electron chi connectivity index (χ0n) is 10.4. The molecule has 0 aromatic heterocycles. The number of likely N-dealkylation sites (N-methyl/N-ethyl adjacent to an activating group) is 1. The molecule has 0 spiro atoms. The summed E-state index contributed by atoms with van der Waals surface area (Å²) in [4.78, 5) is 15.5. The van der Waals surface area contributed by atoms with Gasteiger partial charge >= 0.3 is 0 Å². The summed E-state index contributed by atoms with van der Waals surface area (Å²) < 4.78 is 0. The molecule has 1 aliphatic rings. The number of nitriles is 1. The minimum absolute atomic E-state index is 0.0780. The molecule has 0 aliphatic carbocycles. The average molecular weight is 244 g/mol. The number of amides is 1. The van der Waals surface area contributed by atoms with Crippen LogP contribution in [0.15, 0.2) is 18.2 Å². The molecule has 2 N–H and O–H groups in total. The van der Waals surface area contributed by atoms with E-state index in [1.54, 1.807) is 30.1 Å². The lowest BCUT2D eigenvalue weighted by molar-refractivity contribution is -0.127. The number of benzene rings is 1. The van der Waals surface area contributed by atoms with E-state index >= 15 is 0 Å². The quantitative estimate of drug-likeness (QED) is 0.742. The molecule has 1 aliphatic heterocycles. The smallest absolute Gasteiger partial charge is 0.241 e. The number of carbonyl (C=O) groups is 1. The Morgan fingerprint density at radius 1 is 1.39 bits per heavy atom. The molecular formula is C13H16N4O. The highest BCUT2D eigenvalue weighted by atomic mass is 16.2. The van der Waals surface area contributed by atoms with E-state index in [9.17, 15) is 4.79 Å². The van der Waals surface area contributed by atoms with Gasteiger partial charge in [-0.2, -0.15) is 5.26 Å². The zero-order valence-corrected chi connectivity index (χ0v) is 10.4. The first-order valence-corrected chi connectivity index (χ1v) is 5.90. The summed E-state index contributed by atoms with van der Waals surface area (Å²) in [6, 6.07) is 7.24. The Morgan fingerprint density at radius 2 is 2.17 bits per heavy atom. The van der Waals surface area contributed by atoms with Crippen molar-refractivity contribution in [1.82, 2.24) is 4.90 Å². The lowest BCUT2D eigenvalue weighted by atomic mass is 10.1. The van der Waals surface area contributed by atoms with Crippen LogP contribution in [0, 0.1) is 11.3 Å². The highest BCUT2D eigenvalue weighted by Gasteiger charge is 2.20. The maximum Gasteiger partial charge on any atom is 0.241 e. The molecule has 18 heavy (non-hydrogen) atoms. The zero-order chi connectivity index (χ0) is 13.1. The molecule has 2 rings (SSSR count). The molecule has 94 valence electrons. The van der Waals surface area contributed by atoms with Crippen molar-refractivity contribution < 1.29 is 4.79 Å². The maximum atomic E-state index is 11.8. The van der Waals surface area contributed by atoms with Crippen LogP contribution in [-0.4, -0.2) is 37.5 Å². The van der Waals surface area contributed by atoms with Crippen LogP contribution < -0.4 is 10.6 Å². The second-order valence-electron chi connectivity index (χ2n) is 4.48. The van der Waals surface area contributed by atoms with Gasteiger partial charge in [0.2, 0.25) is 5.91 Å². The van der Waals surface area contributed by atoms with E-state index in [-0.39, 0.29) is 5.91 Å². The van der Waals surface area contributed by atoms with Crippen molar-refractivity contribution in [3.63, 3.8) is 0 Å². The predicted octanol–water partition coefficient (Wildman–Crippen LogP) is 0.809. The first-order chi connectivity index (χ1) is 8.61. The van der Waals surface area contributed by atoms with Gasteiger partial charge in [0, 0.05) is 20.1 Å². The number of hydrogen-bond acceptors (Lipinski definition) is 4. The van der Waals surface area contributed by atoms with Gasteiger partial charge in [-0.3, -0.25) is 4.79 Å². The third kappa shape index (κ3) is 2.38. The van der Waals surface area contributed by atoms with Crippen LogP contribution in [0.3, 0.4) is 0 Å². The minimum atomic E-state index is 0.0780. The van der Waals surface area contributed by atoms with Crippen LogP contribution in [-0.2, 0) is 4.79 Å². The summed E-state index contributed by atoms with van der Waals surface area (Å²) in [5.74, 6) is 0.0780. The molecule has 1 fully saturated rings. The molecular weight excluding hydrogens is 228 g/mol. The van der Waals surface area contributed by atoms with Gasteiger partial charge in [0.1, 0.15) is 0 Å². The van der Waals surface area contributed by atoms with E-state index in [2.05, 4.69) is 6.07 Å². The fraction of sp³-hybridized carbons (Fsp3) is 0.385. The molecule has 0 atom stereocenters. The molecule has 1 amide bonds. The summed E-state index contributed by atoms with van der Waals surface area (Å²) in [5.41, 5.74) is 7.87. The van der Waals surface area contributed by atoms with Crippen LogP contribution in [0.25, 0.3) is 0 Å². The third-order valence-electron chi connectivity index (χ3n) is 3.17. The van der Waals surface area contributed by atoms with Gasteiger partial charge in [0.25, 0.3) is 0 Å². The van der Waals surface area contributed by atoms with E-state index in [0.717, 1.165) is 25.2 Å². The van der Waals surface area contributed by atoms with Crippen molar-refractivity contribution in [3.05, 3.63) is 23.8 Å². The van der Waals surface area contributed by atoms with Gasteiger partial charge in [-0.15, -0.1) is 0 Å². The van der Waals surface area contributed by atoms with Crippen molar-refractivity contribution >= 4 is 17.3 Å². The number of anilines is 2. The number of carbonyl (C=O) groups excluding carboxylic acids is 1. The van der Waals surface area contributed by atoms with Crippen molar-refractivity contribution in [1.29, 1.82) is 5.26 Å². The second-order valence-corrected chi connectivity index (χ2v) is 4.48. The summed E-state index contributed by atoms with van der Waals surface area (Å²) >= 11 is 0. The number of nitrogens with zero attached hydrogens (tertiary/aromatic N) is 3. The van der Waals surface area contributed by atoms with Gasteiger partial charge in [-0.1, -0.05) is 0 Å². The molecule has 0 radical (unpaired) electrons. The van der Waals surface area contributed by atoms with Crippen LogP contribution in [0.4, 0.5) is 11.4 Å². The van der Waals surface area contributed by atoms with E-state index in [0.29, 0.717) is 17.8 Å². The van der Waals surface area contributed by atoms with Gasteiger partial charge in [0.15, 0.2) is 0 Å². The minimum Gasteiger partial charge on any atom is -0.397 e. The van der Waals surface area contributed by atoms with Crippen molar-refractivity contribution in [2.24, 2.45) is 0 Å².